The maximum absolute atomic E-state index is 6.87. The second-order valence-corrected chi connectivity index (χ2v) is 11.2. The molecule has 1 spiro atoms. The molecule has 0 N–H and O–H groups in total. The first kappa shape index (κ1) is 30.4. The minimum Gasteiger partial charge on any atom is -0.374 e. The molecule has 0 amide bonds. The molecule has 4 aromatic carbocycles. The summed E-state index contributed by atoms with van der Waals surface area (Å²) in [5.41, 5.74) is 4.27. The SMILES string of the molecule is C1=CC2(OCC1)O[C@H](COCc1ccccc1)[C@@H](OCc1ccccc1)[C@H](OCc1ccccc1)[C@@H]2OCc1ccccc1. The first-order chi connectivity index (χ1) is 21.8. The molecule has 6 rings (SSSR count). The van der Waals surface area contributed by atoms with Crippen LogP contribution in [0.5, 0.6) is 0 Å². The lowest BCUT2D eigenvalue weighted by Crippen LogP contribution is -2.67. The Hall–Kier alpha value is -3.62. The summed E-state index contributed by atoms with van der Waals surface area (Å²) < 4.78 is 39.8. The fraction of sp³-hybridized carbons (Fsp3) is 0.316. The van der Waals surface area contributed by atoms with Crippen LogP contribution in [0, 0.1) is 0 Å². The molecule has 228 valence electrons. The van der Waals surface area contributed by atoms with Crippen molar-refractivity contribution in [2.24, 2.45) is 0 Å². The van der Waals surface area contributed by atoms with Crippen LogP contribution in [0.1, 0.15) is 28.7 Å². The molecule has 4 aromatic rings. The quantitative estimate of drug-likeness (QED) is 0.155. The standard InChI is InChI=1S/C38H40O6/c1-5-15-30(16-6-1)25-39-29-34-35(40-26-31-17-7-2-8-18-31)36(41-27-32-19-9-3-10-20-32)37(38(44-34)23-13-14-24-43-38)42-28-33-21-11-4-12-22-33/h1-13,15-23,34-37H,14,24-29H2/t34-,35-,36+,37+,38?/m1/s1. The van der Waals surface area contributed by atoms with Gasteiger partial charge in [0, 0.05) is 0 Å². The molecular formula is C38H40O6. The van der Waals surface area contributed by atoms with Crippen LogP contribution in [-0.4, -0.2) is 43.4 Å². The van der Waals surface area contributed by atoms with Gasteiger partial charge in [-0.15, -0.1) is 0 Å². The zero-order valence-electron chi connectivity index (χ0n) is 24.9. The highest BCUT2D eigenvalue weighted by Gasteiger charge is 2.57. The topological polar surface area (TPSA) is 55.4 Å². The van der Waals surface area contributed by atoms with Gasteiger partial charge in [0.2, 0.25) is 5.79 Å². The molecule has 6 nitrogen and oxygen atoms in total. The van der Waals surface area contributed by atoms with E-state index in [2.05, 4.69) is 54.6 Å². The molecule has 0 radical (unpaired) electrons. The number of hydrogen-bond acceptors (Lipinski definition) is 6. The number of ether oxygens (including phenoxy) is 6. The third-order valence-corrected chi connectivity index (χ3v) is 7.92. The fourth-order valence-corrected chi connectivity index (χ4v) is 5.70. The lowest BCUT2D eigenvalue weighted by Gasteiger charge is -2.52. The molecule has 2 aliphatic rings. The van der Waals surface area contributed by atoms with Crippen molar-refractivity contribution in [2.75, 3.05) is 13.2 Å². The molecule has 0 aliphatic carbocycles. The molecule has 5 atom stereocenters. The maximum atomic E-state index is 6.87. The van der Waals surface area contributed by atoms with E-state index in [1.54, 1.807) is 0 Å². The number of benzene rings is 4. The van der Waals surface area contributed by atoms with Crippen LogP contribution in [0.2, 0.25) is 0 Å². The second kappa shape index (κ2) is 15.4. The lowest BCUT2D eigenvalue weighted by atomic mass is 9.90. The van der Waals surface area contributed by atoms with Gasteiger partial charge in [0.15, 0.2) is 0 Å². The van der Waals surface area contributed by atoms with Gasteiger partial charge in [-0.05, 0) is 34.8 Å². The van der Waals surface area contributed by atoms with Gasteiger partial charge < -0.3 is 28.4 Å². The van der Waals surface area contributed by atoms with E-state index in [4.69, 9.17) is 28.4 Å². The predicted octanol–water partition coefficient (Wildman–Crippen LogP) is 7.03. The summed E-state index contributed by atoms with van der Waals surface area (Å²) in [5.74, 6) is -1.15. The Bertz CT molecular complexity index is 1420. The van der Waals surface area contributed by atoms with E-state index in [0.717, 1.165) is 28.7 Å². The molecular weight excluding hydrogens is 552 g/mol. The molecule has 1 unspecified atom stereocenters. The van der Waals surface area contributed by atoms with Gasteiger partial charge in [-0.2, -0.15) is 0 Å². The Balaban J connectivity index is 1.32. The Kier molecular flexibility index (Phi) is 10.6. The van der Waals surface area contributed by atoms with Gasteiger partial charge in [-0.1, -0.05) is 127 Å². The van der Waals surface area contributed by atoms with E-state index in [-0.39, 0.29) is 0 Å². The fourth-order valence-electron chi connectivity index (χ4n) is 5.70. The zero-order valence-corrected chi connectivity index (χ0v) is 24.9. The van der Waals surface area contributed by atoms with Crippen molar-refractivity contribution in [2.45, 2.75) is 63.1 Å². The average molecular weight is 593 g/mol. The van der Waals surface area contributed by atoms with Crippen molar-refractivity contribution in [3.63, 3.8) is 0 Å². The van der Waals surface area contributed by atoms with Crippen molar-refractivity contribution < 1.29 is 28.4 Å². The molecule has 0 saturated carbocycles. The van der Waals surface area contributed by atoms with Gasteiger partial charge in [-0.25, -0.2) is 0 Å². The first-order valence-electron chi connectivity index (χ1n) is 15.4. The van der Waals surface area contributed by atoms with Crippen molar-refractivity contribution in [3.05, 3.63) is 156 Å². The molecule has 0 aromatic heterocycles. The predicted molar refractivity (Wildman–Crippen MR) is 168 cm³/mol. The minimum atomic E-state index is -1.15. The van der Waals surface area contributed by atoms with Gasteiger partial charge in [0.1, 0.15) is 24.4 Å². The van der Waals surface area contributed by atoms with Crippen LogP contribution in [-0.2, 0) is 54.8 Å². The Morgan fingerprint density at radius 3 is 1.55 bits per heavy atom. The largest absolute Gasteiger partial charge is 0.374 e. The molecule has 0 bridgehead atoms. The molecule has 1 fully saturated rings. The highest BCUT2D eigenvalue weighted by atomic mass is 16.7. The smallest absolute Gasteiger partial charge is 0.218 e. The number of rotatable bonds is 13. The molecule has 2 aliphatic heterocycles. The summed E-state index contributed by atoms with van der Waals surface area (Å²) >= 11 is 0. The van der Waals surface area contributed by atoms with Crippen molar-refractivity contribution in [1.29, 1.82) is 0 Å². The Labute approximate surface area is 260 Å². The molecule has 1 saturated heterocycles. The summed E-state index contributed by atoms with van der Waals surface area (Å²) in [4.78, 5) is 0. The van der Waals surface area contributed by atoms with Crippen LogP contribution < -0.4 is 0 Å². The first-order valence-corrected chi connectivity index (χ1v) is 15.4. The van der Waals surface area contributed by atoms with Crippen LogP contribution in [0.3, 0.4) is 0 Å². The van der Waals surface area contributed by atoms with Crippen LogP contribution >= 0.6 is 0 Å². The summed E-state index contributed by atoms with van der Waals surface area (Å²) in [6.07, 6.45) is 2.78. The average Bonchev–Trinajstić information content (AvgIpc) is 3.09. The normalized spacial score (nSPS) is 24.8. The van der Waals surface area contributed by atoms with E-state index in [1.807, 2.05) is 78.9 Å². The number of hydrogen-bond donors (Lipinski definition) is 0. The van der Waals surface area contributed by atoms with Gasteiger partial charge in [0.25, 0.3) is 0 Å². The molecule has 2 heterocycles. The lowest BCUT2D eigenvalue weighted by molar-refractivity contribution is -0.365. The van der Waals surface area contributed by atoms with E-state index in [0.29, 0.717) is 39.6 Å². The maximum Gasteiger partial charge on any atom is 0.218 e. The molecule has 44 heavy (non-hydrogen) atoms. The second-order valence-electron chi connectivity index (χ2n) is 11.2. The molecule has 6 heteroatoms. The van der Waals surface area contributed by atoms with Gasteiger partial charge in [0.05, 0.1) is 39.6 Å². The van der Waals surface area contributed by atoms with E-state index >= 15 is 0 Å². The summed E-state index contributed by atoms with van der Waals surface area (Å²) in [5, 5.41) is 0. The van der Waals surface area contributed by atoms with Crippen LogP contribution in [0.4, 0.5) is 0 Å². The van der Waals surface area contributed by atoms with Crippen LogP contribution in [0.15, 0.2) is 133 Å². The monoisotopic (exact) mass is 592 g/mol. The zero-order chi connectivity index (χ0) is 29.9. The van der Waals surface area contributed by atoms with E-state index in [9.17, 15) is 0 Å². The van der Waals surface area contributed by atoms with Gasteiger partial charge >= 0.3 is 0 Å². The van der Waals surface area contributed by atoms with Crippen molar-refractivity contribution in [1.82, 2.24) is 0 Å². The summed E-state index contributed by atoms with van der Waals surface area (Å²) in [7, 11) is 0. The Morgan fingerprint density at radius 2 is 1.05 bits per heavy atom. The van der Waals surface area contributed by atoms with E-state index in [1.165, 1.54) is 0 Å². The van der Waals surface area contributed by atoms with E-state index < -0.39 is 30.2 Å². The Morgan fingerprint density at radius 1 is 0.568 bits per heavy atom. The third kappa shape index (κ3) is 7.90. The van der Waals surface area contributed by atoms with Gasteiger partial charge in [-0.3, -0.25) is 0 Å². The highest BCUT2D eigenvalue weighted by Crippen LogP contribution is 2.40. The highest BCUT2D eigenvalue weighted by molar-refractivity contribution is 5.18. The van der Waals surface area contributed by atoms with Crippen LogP contribution in [0.25, 0.3) is 0 Å². The summed E-state index contributed by atoms with van der Waals surface area (Å²) in [6.45, 7) is 2.42. The van der Waals surface area contributed by atoms with Crippen molar-refractivity contribution in [3.8, 4) is 0 Å². The third-order valence-electron chi connectivity index (χ3n) is 7.92. The minimum absolute atomic E-state index is 0.296. The summed E-state index contributed by atoms with van der Waals surface area (Å²) in [6, 6.07) is 40.6. The van der Waals surface area contributed by atoms with Crippen molar-refractivity contribution >= 4 is 0 Å².